The number of amides is 2. The van der Waals surface area contributed by atoms with Crippen molar-refractivity contribution in [1.82, 2.24) is 5.06 Å². The van der Waals surface area contributed by atoms with Crippen LogP contribution in [0.25, 0.3) is 17.2 Å². The molecule has 3 heterocycles. The lowest BCUT2D eigenvalue weighted by Gasteiger charge is -2.30. The number of aromatic nitrogens is 1. The van der Waals surface area contributed by atoms with Crippen molar-refractivity contribution in [3.8, 4) is 0 Å². The number of allylic oxidation sites excluding steroid dienone is 3. The van der Waals surface area contributed by atoms with Crippen molar-refractivity contribution in [2.45, 2.75) is 94.4 Å². The number of imide groups is 1. The van der Waals surface area contributed by atoms with Crippen molar-refractivity contribution in [2.75, 3.05) is 30.1 Å². The van der Waals surface area contributed by atoms with Gasteiger partial charge in [-0.1, -0.05) is 12.5 Å². The molecule has 3 aromatic rings. The number of carbonyl (C=O) groups is 3. The van der Waals surface area contributed by atoms with Gasteiger partial charge >= 0.3 is 11.9 Å². The van der Waals surface area contributed by atoms with Crippen LogP contribution < -0.4 is 9.47 Å². The minimum Gasteiger partial charge on any atom is -0.398 e. The van der Waals surface area contributed by atoms with Gasteiger partial charge in [0, 0.05) is 61.0 Å². The number of halogens is 4. The topological polar surface area (TPSA) is 219 Å². The molecule has 2 N–H and O–H groups in total. The van der Waals surface area contributed by atoms with E-state index in [2.05, 4.69) is 0 Å². The largest absolute Gasteiger partial charge is 0.398 e. The van der Waals surface area contributed by atoms with E-state index in [4.69, 9.17) is 13.4 Å². The number of hydrogen-bond acceptors (Lipinski definition) is 12. The summed E-state index contributed by atoms with van der Waals surface area (Å²) in [6, 6.07) is 4.70. The molecular weight excluding hydrogens is 879 g/mol. The number of fused-ring (bicyclic) bond motifs is 2. The molecule has 2 unspecified atom stereocenters. The average molecular weight is 923 g/mol. The summed E-state index contributed by atoms with van der Waals surface area (Å²) in [5.74, 6) is -10.7. The predicted octanol–water partition coefficient (Wildman–Crippen LogP) is 5.51. The minimum absolute atomic E-state index is 0.0194. The number of unbranched alkanes of at least 4 members (excludes halogenated alkanes) is 4. The Bertz CT molecular complexity index is 2500. The maximum absolute atomic E-state index is 15.8. The maximum atomic E-state index is 15.8. The van der Waals surface area contributed by atoms with Crippen LogP contribution in [0, 0.1) is 23.3 Å². The van der Waals surface area contributed by atoms with E-state index in [1.54, 1.807) is 16.7 Å². The van der Waals surface area contributed by atoms with Crippen LogP contribution in [0.3, 0.4) is 0 Å². The first-order chi connectivity index (χ1) is 28.7. The zero-order valence-electron chi connectivity index (χ0n) is 33.0. The fourth-order valence-electron chi connectivity index (χ4n) is 7.38. The van der Waals surface area contributed by atoms with Gasteiger partial charge in [0.25, 0.3) is 37.6 Å². The van der Waals surface area contributed by atoms with E-state index in [9.17, 15) is 53.3 Å². The molecule has 2 atom stereocenters. The van der Waals surface area contributed by atoms with Gasteiger partial charge in [-0.15, -0.1) is 5.06 Å². The molecule has 1 saturated heterocycles. The van der Waals surface area contributed by atoms with Crippen LogP contribution >= 0.6 is 0 Å². The first-order valence-electron chi connectivity index (χ1n) is 19.1. The van der Waals surface area contributed by atoms with Crippen molar-refractivity contribution in [3.63, 3.8) is 0 Å². The lowest BCUT2D eigenvalue weighted by Crippen LogP contribution is -2.35. The van der Waals surface area contributed by atoms with Gasteiger partial charge < -0.3 is 14.2 Å². The molecule has 334 valence electrons. The third kappa shape index (κ3) is 11.3. The van der Waals surface area contributed by atoms with E-state index in [0.29, 0.717) is 36.4 Å². The van der Waals surface area contributed by atoms with E-state index in [-0.39, 0.29) is 80.0 Å². The number of anilines is 1. The number of carbonyl (C=O) groups excluding carboxylic acids is 3. The highest BCUT2D eigenvalue weighted by Gasteiger charge is 2.49. The SMILES string of the molecule is COS(=O)c1ccc2c(c1)oc(/C=C/C=C1/N(CCCCS(=O)(=O)O)c3c(F)c(F)c(F)c(F)c3C1(C)CCCCS(=O)(=O)O)[n+]2CCCCCC(=O)ON1C(=O)CCC1=O. The zero-order valence-corrected chi connectivity index (χ0v) is 35.5. The molecular formula is C38H44F4N3O13S3+. The quantitative estimate of drug-likeness (QED) is 0.0256. The molecule has 0 bridgehead atoms. The Balaban J connectivity index is 1.49. The van der Waals surface area contributed by atoms with E-state index in [0.717, 1.165) is 0 Å². The van der Waals surface area contributed by atoms with E-state index >= 15 is 8.78 Å². The normalized spacial score (nSPS) is 18.3. The van der Waals surface area contributed by atoms with Crippen LogP contribution in [0.5, 0.6) is 0 Å². The summed E-state index contributed by atoms with van der Waals surface area (Å²) in [4.78, 5) is 42.2. The number of hydrogen-bond donors (Lipinski definition) is 2. The summed E-state index contributed by atoms with van der Waals surface area (Å²) in [6.07, 6.45) is 4.91. The second-order valence-corrected chi connectivity index (χ2v) is 19.0. The second kappa shape index (κ2) is 19.7. The molecule has 0 saturated carbocycles. The Hall–Kier alpha value is -4.55. The van der Waals surface area contributed by atoms with Gasteiger partial charge in [-0.25, -0.2) is 26.6 Å². The lowest BCUT2D eigenvalue weighted by molar-refractivity contribution is -0.678. The van der Waals surface area contributed by atoms with Crippen molar-refractivity contribution in [3.05, 3.63) is 70.8 Å². The second-order valence-electron chi connectivity index (χ2n) is 14.6. The highest BCUT2D eigenvalue weighted by Crippen LogP contribution is 2.54. The molecule has 2 aromatic carbocycles. The molecule has 16 nitrogen and oxygen atoms in total. The number of rotatable bonds is 21. The first-order valence-corrected chi connectivity index (χ1v) is 23.4. The summed E-state index contributed by atoms with van der Waals surface area (Å²) in [5, 5.41) is 0.470. The summed E-state index contributed by atoms with van der Waals surface area (Å²) in [5.41, 5.74) is -1.95. The van der Waals surface area contributed by atoms with Gasteiger partial charge in [-0.05, 0) is 57.6 Å². The maximum Gasteiger partial charge on any atom is 0.374 e. The Labute approximate surface area is 351 Å². The standard InChI is InChI=1S/C38H43F4N3O13S3/c1-38(18-5-8-21-60(50,51)52)27(44(20-7-9-22-61(53,54)55)37-32(38)33(39)34(40)35(41)36(37)42)11-10-12-30-43(25-15-14-24(59(49)56-2)23-26(25)57-30)19-6-3-4-13-31(48)58-45-28(46)16-17-29(45)47/h10-12,14-15,23H,3-9,13,16-22H2,1-2H3,(H-,50,51,52,53,54,55)/p+1. The minimum atomic E-state index is -4.40. The Kier molecular flexibility index (Phi) is 15.3. The van der Waals surface area contributed by atoms with Gasteiger partial charge in [0.05, 0.1) is 35.3 Å². The summed E-state index contributed by atoms with van der Waals surface area (Å²) in [7, 11) is -7.55. The van der Waals surface area contributed by atoms with Gasteiger partial charge in [-0.3, -0.25) is 22.9 Å². The van der Waals surface area contributed by atoms with Crippen LogP contribution in [0.1, 0.15) is 89.0 Å². The summed E-state index contributed by atoms with van der Waals surface area (Å²) < 4.78 is 151. The first kappa shape index (κ1) is 47.5. The number of hydroxylamine groups is 2. The highest BCUT2D eigenvalue weighted by atomic mass is 32.2. The third-order valence-corrected chi connectivity index (χ3v) is 12.8. The summed E-state index contributed by atoms with van der Waals surface area (Å²) >= 11 is -1.83. The van der Waals surface area contributed by atoms with Crippen molar-refractivity contribution in [1.29, 1.82) is 0 Å². The zero-order chi connectivity index (χ0) is 44.9. The molecule has 2 aliphatic rings. The molecule has 61 heavy (non-hydrogen) atoms. The molecule has 23 heteroatoms. The van der Waals surface area contributed by atoms with Crippen molar-refractivity contribution in [2.24, 2.45) is 0 Å². The van der Waals surface area contributed by atoms with Gasteiger partial charge in [-0.2, -0.15) is 21.4 Å². The smallest absolute Gasteiger partial charge is 0.374 e. The van der Waals surface area contributed by atoms with Gasteiger partial charge in [0.1, 0.15) is 0 Å². The highest BCUT2D eigenvalue weighted by molar-refractivity contribution is 7.86. The van der Waals surface area contributed by atoms with Crippen LogP contribution in [-0.4, -0.2) is 78.2 Å². The fraction of sp³-hybridized carbons (Fsp3) is 0.474. The van der Waals surface area contributed by atoms with Crippen molar-refractivity contribution >= 4 is 72.0 Å². The molecule has 1 aromatic heterocycles. The van der Waals surface area contributed by atoms with E-state index in [1.807, 2.05) is 0 Å². The Morgan fingerprint density at radius 1 is 0.918 bits per heavy atom. The molecule has 1 fully saturated rings. The average Bonchev–Trinajstić information content (AvgIpc) is 3.79. The third-order valence-electron chi connectivity index (χ3n) is 10.3. The van der Waals surface area contributed by atoms with Gasteiger partial charge in [0.15, 0.2) is 40.9 Å². The molecule has 5 rings (SSSR count). The number of aryl methyl sites for hydroxylation is 1. The number of oxazole rings is 1. The van der Waals surface area contributed by atoms with Gasteiger partial charge in [0.2, 0.25) is 5.58 Å². The molecule has 2 aliphatic heterocycles. The van der Waals surface area contributed by atoms with Crippen LogP contribution in [0.15, 0.2) is 45.4 Å². The lowest BCUT2D eigenvalue weighted by atomic mass is 9.76. The van der Waals surface area contributed by atoms with Crippen LogP contribution in [0.2, 0.25) is 0 Å². The predicted molar refractivity (Wildman–Crippen MR) is 209 cm³/mol. The monoisotopic (exact) mass is 922 g/mol. The van der Waals surface area contributed by atoms with E-state index < -0.39 is 101 Å². The molecule has 0 spiro atoms. The molecule has 2 amide bonds. The molecule has 0 radical (unpaired) electrons. The number of nitrogens with zero attached hydrogens (tertiary/aromatic N) is 3. The Morgan fingerprint density at radius 2 is 1.56 bits per heavy atom. The van der Waals surface area contributed by atoms with Crippen LogP contribution in [0.4, 0.5) is 23.2 Å². The van der Waals surface area contributed by atoms with Crippen LogP contribution in [-0.2, 0) is 66.7 Å². The Morgan fingerprint density at radius 3 is 2.20 bits per heavy atom. The van der Waals surface area contributed by atoms with Crippen molar-refractivity contribution < 1.29 is 80.1 Å². The number of benzene rings is 2. The van der Waals surface area contributed by atoms with E-state index in [1.165, 1.54) is 43.2 Å². The summed E-state index contributed by atoms with van der Waals surface area (Å²) in [6.45, 7) is 1.46. The molecule has 0 aliphatic carbocycles. The fourth-order valence-corrected chi connectivity index (χ4v) is 9.10.